The third-order valence-corrected chi connectivity index (χ3v) is 4.15. The van der Waals surface area contributed by atoms with Gasteiger partial charge in [-0.25, -0.2) is 0 Å². The van der Waals surface area contributed by atoms with Gasteiger partial charge in [0.15, 0.2) is 0 Å². The highest BCUT2D eigenvalue weighted by Crippen LogP contribution is 2.40. The Morgan fingerprint density at radius 3 is 2.42 bits per heavy atom. The van der Waals surface area contributed by atoms with Crippen LogP contribution in [-0.2, 0) is 4.79 Å². The number of halogens is 3. The molecule has 1 N–H and O–H groups in total. The Balaban J connectivity index is 1.96. The van der Waals surface area contributed by atoms with Crippen molar-refractivity contribution in [3.8, 4) is 0 Å². The number of carbonyl (C=O) groups is 1. The quantitative estimate of drug-likeness (QED) is 0.841. The van der Waals surface area contributed by atoms with Gasteiger partial charge in [-0.3, -0.25) is 9.69 Å². The molecule has 0 aromatic rings. The smallest absolute Gasteiger partial charge is 0.391 e. The first-order valence-corrected chi connectivity index (χ1v) is 6.89. The molecule has 0 spiro atoms. The maximum atomic E-state index is 12.8. The minimum absolute atomic E-state index is 0.0590. The Bertz CT molecular complexity index is 328. The second-order valence-electron chi connectivity index (χ2n) is 5.83. The molecule has 2 fully saturated rings. The van der Waals surface area contributed by atoms with E-state index in [1.165, 1.54) is 0 Å². The first-order chi connectivity index (χ1) is 8.86. The molecule has 2 saturated carbocycles. The maximum absolute atomic E-state index is 12.8. The average Bonchev–Trinajstić information content (AvgIpc) is 3.10. The van der Waals surface area contributed by atoms with Crippen molar-refractivity contribution in [2.45, 2.75) is 50.7 Å². The zero-order valence-corrected chi connectivity index (χ0v) is 10.8. The Morgan fingerprint density at radius 1 is 1.21 bits per heavy atom. The molecular formula is C13H20F3NO2. The van der Waals surface area contributed by atoms with Gasteiger partial charge in [-0.2, -0.15) is 13.2 Å². The minimum atomic E-state index is -4.15. The predicted molar refractivity (Wildman–Crippen MR) is 63.7 cm³/mol. The van der Waals surface area contributed by atoms with Gasteiger partial charge in [-0.15, -0.1) is 0 Å². The SMILES string of the molecule is O=C(O)CN(CC1CC1)C1CCCC(C(F)(F)F)C1. The number of carboxylic acid groups (broad SMARTS) is 1. The normalized spacial score (nSPS) is 28.6. The first kappa shape index (κ1) is 14.6. The van der Waals surface area contributed by atoms with E-state index < -0.39 is 18.1 Å². The van der Waals surface area contributed by atoms with Crippen molar-refractivity contribution in [3.05, 3.63) is 0 Å². The van der Waals surface area contributed by atoms with Gasteiger partial charge < -0.3 is 5.11 Å². The second kappa shape index (κ2) is 5.69. The van der Waals surface area contributed by atoms with Crippen LogP contribution >= 0.6 is 0 Å². The standard InChI is InChI=1S/C13H20F3NO2/c14-13(15,16)10-2-1-3-11(6-10)17(8-12(18)19)7-9-4-5-9/h9-11H,1-8H2,(H,18,19). The average molecular weight is 279 g/mol. The van der Waals surface area contributed by atoms with Gasteiger partial charge in [0.05, 0.1) is 12.5 Å². The maximum Gasteiger partial charge on any atom is 0.391 e. The lowest BCUT2D eigenvalue weighted by atomic mass is 9.84. The van der Waals surface area contributed by atoms with E-state index in [-0.39, 0.29) is 25.4 Å². The summed E-state index contributed by atoms with van der Waals surface area (Å²) in [5, 5.41) is 8.91. The number of hydrogen-bond acceptors (Lipinski definition) is 2. The monoisotopic (exact) mass is 279 g/mol. The van der Waals surface area contributed by atoms with Crippen LogP contribution in [0.5, 0.6) is 0 Å². The Labute approximate surface area is 110 Å². The summed E-state index contributed by atoms with van der Waals surface area (Å²) < 4.78 is 38.3. The summed E-state index contributed by atoms with van der Waals surface area (Å²) >= 11 is 0. The van der Waals surface area contributed by atoms with Crippen LogP contribution in [-0.4, -0.2) is 41.3 Å². The van der Waals surface area contributed by atoms with E-state index >= 15 is 0 Å². The third kappa shape index (κ3) is 4.37. The van der Waals surface area contributed by atoms with Crippen LogP contribution < -0.4 is 0 Å². The molecule has 2 atom stereocenters. The number of rotatable bonds is 5. The van der Waals surface area contributed by atoms with Crippen LogP contribution in [0.4, 0.5) is 13.2 Å². The summed E-state index contributed by atoms with van der Waals surface area (Å²) in [5.74, 6) is -1.72. The number of carboxylic acids is 1. The molecule has 0 aromatic carbocycles. The molecule has 110 valence electrons. The molecule has 0 amide bonds. The summed E-state index contributed by atoms with van der Waals surface area (Å²) in [6, 6.07) is -0.225. The van der Waals surface area contributed by atoms with Crippen molar-refractivity contribution in [3.63, 3.8) is 0 Å². The van der Waals surface area contributed by atoms with Gasteiger partial charge in [0.25, 0.3) is 0 Å². The van der Waals surface area contributed by atoms with Gasteiger partial charge in [0.1, 0.15) is 0 Å². The fourth-order valence-electron chi connectivity index (χ4n) is 2.94. The zero-order valence-electron chi connectivity index (χ0n) is 10.8. The summed E-state index contributed by atoms with van der Waals surface area (Å²) in [7, 11) is 0. The highest BCUT2D eigenvalue weighted by atomic mass is 19.4. The van der Waals surface area contributed by atoms with Gasteiger partial charge in [-0.1, -0.05) is 6.42 Å². The van der Waals surface area contributed by atoms with Gasteiger partial charge in [-0.05, 0) is 38.0 Å². The molecule has 6 heteroatoms. The summed E-state index contributed by atoms with van der Waals surface area (Å²) in [6.07, 6.45) is -0.528. The molecule has 2 rings (SSSR count). The predicted octanol–water partition coefficient (Wildman–Crippen LogP) is 2.90. The van der Waals surface area contributed by atoms with E-state index in [1.54, 1.807) is 4.90 Å². The van der Waals surface area contributed by atoms with Crippen molar-refractivity contribution in [1.29, 1.82) is 0 Å². The van der Waals surface area contributed by atoms with E-state index in [4.69, 9.17) is 5.11 Å². The fraction of sp³-hybridized carbons (Fsp3) is 0.923. The second-order valence-corrected chi connectivity index (χ2v) is 5.83. The lowest BCUT2D eigenvalue weighted by Crippen LogP contribution is -2.45. The van der Waals surface area contributed by atoms with E-state index in [1.807, 2.05) is 0 Å². The van der Waals surface area contributed by atoms with Crippen molar-refractivity contribution < 1.29 is 23.1 Å². The van der Waals surface area contributed by atoms with Crippen molar-refractivity contribution in [1.82, 2.24) is 4.90 Å². The minimum Gasteiger partial charge on any atom is -0.480 e. The van der Waals surface area contributed by atoms with E-state index in [9.17, 15) is 18.0 Å². The Kier molecular flexibility index (Phi) is 4.38. The van der Waals surface area contributed by atoms with Crippen molar-refractivity contribution in [2.24, 2.45) is 11.8 Å². The molecule has 2 aliphatic carbocycles. The van der Waals surface area contributed by atoms with Gasteiger partial charge in [0, 0.05) is 12.6 Å². The molecule has 2 aliphatic rings. The largest absolute Gasteiger partial charge is 0.480 e. The highest BCUT2D eigenvalue weighted by molar-refractivity contribution is 5.69. The fourth-order valence-corrected chi connectivity index (χ4v) is 2.94. The van der Waals surface area contributed by atoms with Gasteiger partial charge >= 0.3 is 12.1 Å². The summed E-state index contributed by atoms with van der Waals surface area (Å²) in [6.45, 7) is 0.507. The van der Waals surface area contributed by atoms with E-state index in [0.29, 0.717) is 25.3 Å². The molecule has 0 bridgehead atoms. The highest BCUT2D eigenvalue weighted by Gasteiger charge is 2.43. The van der Waals surface area contributed by atoms with Crippen molar-refractivity contribution in [2.75, 3.05) is 13.1 Å². The van der Waals surface area contributed by atoms with E-state index in [0.717, 1.165) is 12.8 Å². The first-order valence-electron chi connectivity index (χ1n) is 6.89. The van der Waals surface area contributed by atoms with Crippen LogP contribution in [0.3, 0.4) is 0 Å². The van der Waals surface area contributed by atoms with E-state index in [2.05, 4.69) is 0 Å². The van der Waals surface area contributed by atoms with Crippen LogP contribution in [0.15, 0.2) is 0 Å². The summed E-state index contributed by atoms with van der Waals surface area (Å²) in [5.41, 5.74) is 0. The molecule has 3 nitrogen and oxygen atoms in total. The molecular weight excluding hydrogens is 259 g/mol. The van der Waals surface area contributed by atoms with Crippen LogP contribution in [0, 0.1) is 11.8 Å². The van der Waals surface area contributed by atoms with Crippen LogP contribution in [0.25, 0.3) is 0 Å². The zero-order chi connectivity index (χ0) is 14.0. The van der Waals surface area contributed by atoms with Crippen LogP contribution in [0.1, 0.15) is 38.5 Å². The lowest BCUT2D eigenvalue weighted by molar-refractivity contribution is -0.187. The molecule has 19 heavy (non-hydrogen) atoms. The topological polar surface area (TPSA) is 40.5 Å². The van der Waals surface area contributed by atoms with Crippen molar-refractivity contribution >= 4 is 5.97 Å². The third-order valence-electron chi connectivity index (χ3n) is 4.15. The molecule has 0 saturated heterocycles. The number of nitrogens with zero attached hydrogens (tertiary/aromatic N) is 1. The molecule has 0 radical (unpaired) electrons. The Morgan fingerprint density at radius 2 is 1.89 bits per heavy atom. The number of aliphatic carboxylic acids is 1. The number of hydrogen-bond donors (Lipinski definition) is 1. The Hall–Kier alpha value is -0.780. The molecule has 0 aromatic heterocycles. The summed E-state index contributed by atoms with van der Waals surface area (Å²) in [4.78, 5) is 12.6. The van der Waals surface area contributed by atoms with Crippen LogP contribution in [0.2, 0.25) is 0 Å². The molecule has 0 heterocycles. The van der Waals surface area contributed by atoms with Gasteiger partial charge in [0.2, 0.25) is 0 Å². The lowest BCUT2D eigenvalue weighted by Gasteiger charge is -2.37. The molecule has 2 unspecified atom stereocenters. The number of alkyl halides is 3. The molecule has 0 aliphatic heterocycles.